The molecule has 1 aliphatic heterocycles. The quantitative estimate of drug-likeness (QED) is 0.313. The number of Topliss-reactive ketones (excluding diaryl/α,β-unsaturated/α-hetero) is 1. The smallest absolute Gasteiger partial charge is 0.273 e. The van der Waals surface area contributed by atoms with E-state index in [4.69, 9.17) is 0 Å². The van der Waals surface area contributed by atoms with Crippen molar-refractivity contribution < 1.29 is 24.1 Å². The van der Waals surface area contributed by atoms with Gasteiger partial charge in [-0.25, -0.2) is 5.01 Å². The number of nitro groups is 1. The summed E-state index contributed by atoms with van der Waals surface area (Å²) < 4.78 is 0. The Hall–Kier alpha value is -3.88. The third-order valence-electron chi connectivity index (χ3n) is 4.81. The highest BCUT2D eigenvalue weighted by atomic mass is 16.6. The largest absolute Gasteiger partial charge is 0.292 e. The SMILES string of the molecule is C[C@H](C(=O)c1ccccc1)N(C(=O)c1ccc([N+](=O)[O-])cc1)N1C(=O)CCCC1=O. The molecule has 2 aromatic carbocycles. The summed E-state index contributed by atoms with van der Waals surface area (Å²) in [6, 6.07) is 11.8. The van der Waals surface area contributed by atoms with Crippen molar-refractivity contribution in [1.82, 2.24) is 10.0 Å². The summed E-state index contributed by atoms with van der Waals surface area (Å²) in [5.41, 5.74) is 0.125. The van der Waals surface area contributed by atoms with E-state index in [1.807, 2.05) is 0 Å². The van der Waals surface area contributed by atoms with Crippen molar-refractivity contribution in [3.8, 4) is 0 Å². The minimum atomic E-state index is -1.15. The lowest BCUT2D eigenvalue weighted by Crippen LogP contribution is -2.59. The van der Waals surface area contributed by atoms with Crippen molar-refractivity contribution in [2.24, 2.45) is 0 Å². The van der Waals surface area contributed by atoms with E-state index in [1.165, 1.54) is 19.1 Å². The molecule has 30 heavy (non-hydrogen) atoms. The van der Waals surface area contributed by atoms with Crippen LogP contribution in [0.2, 0.25) is 0 Å². The van der Waals surface area contributed by atoms with Crippen LogP contribution in [0.5, 0.6) is 0 Å². The molecule has 1 heterocycles. The number of amides is 3. The monoisotopic (exact) mass is 409 g/mol. The van der Waals surface area contributed by atoms with E-state index in [2.05, 4.69) is 0 Å². The average molecular weight is 409 g/mol. The van der Waals surface area contributed by atoms with Crippen molar-refractivity contribution in [2.45, 2.75) is 32.2 Å². The van der Waals surface area contributed by atoms with Gasteiger partial charge in [-0.1, -0.05) is 30.3 Å². The molecule has 1 atom stereocenters. The Morgan fingerprint density at radius 3 is 2.07 bits per heavy atom. The molecule has 0 aromatic heterocycles. The molecule has 3 rings (SSSR count). The summed E-state index contributed by atoms with van der Waals surface area (Å²) in [5.74, 6) is -2.37. The van der Waals surface area contributed by atoms with Crippen molar-refractivity contribution in [3.63, 3.8) is 0 Å². The molecule has 9 heteroatoms. The first-order valence-electron chi connectivity index (χ1n) is 9.34. The van der Waals surface area contributed by atoms with Gasteiger partial charge in [0.05, 0.1) is 4.92 Å². The number of hydrazine groups is 1. The maximum absolute atomic E-state index is 13.3. The van der Waals surface area contributed by atoms with E-state index in [9.17, 15) is 29.3 Å². The molecule has 0 aliphatic carbocycles. The fourth-order valence-corrected chi connectivity index (χ4v) is 3.23. The summed E-state index contributed by atoms with van der Waals surface area (Å²) in [5, 5.41) is 12.5. The molecule has 0 unspecified atom stereocenters. The molecule has 154 valence electrons. The molecule has 0 bridgehead atoms. The van der Waals surface area contributed by atoms with Crippen molar-refractivity contribution >= 4 is 29.2 Å². The average Bonchev–Trinajstić information content (AvgIpc) is 2.75. The first kappa shape index (κ1) is 20.8. The molecule has 0 saturated carbocycles. The molecule has 0 spiro atoms. The van der Waals surface area contributed by atoms with Crippen LogP contribution in [-0.2, 0) is 9.59 Å². The van der Waals surface area contributed by atoms with Gasteiger partial charge < -0.3 is 0 Å². The van der Waals surface area contributed by atoms with Crippen LogP contribution in [0.25, 0.3) is 0 Å². The molecule has 9 nitrogen and oxygen atoms in total. The van der Waals surface area contributed by atoms with Crippen LogP contribution in [0.1, 0.15) is 46.9 Å². The Labute approximate surface area is 172 Å². The van der Waals surface area contributed by atoms with Crippen LogP contribution in [0.15, 0.2) is 54.6 Å². The molecule has 1 aliphatic rings. The lowest BCUT2D eigenvalue weighted by atomic mass is 10.0. The molecule has 0 radical (unpaired) electrons. The minimum absolute atomic E-state index is 0.0134. The fraction of sp³-hybridized carbons (Fsp3) is 0.238. The number of carbonyl (C=O) groups is 4. The van der Waals surface area contributed by atoms with Crippen molar-refractivity contribution in [2.75, 3.05) is 0 Å². The number of benzene rings is 2. The predicted octanol–water partition coefficient (Wildman–Crippen LogP) is 2.76. The number of imide groups is 1. The molecule has 2 aromatic rings. The number of hydrogen-bond acceptors (Lipinski definition) is 6. The Bertz CT molecular complexity index is 987. The predicted molar refractivity (Wildman–Crippen MR) is 105 cm³/mol. The van der Waals surface area contributed by atoms with Crippen LogP contribution in [0, 0.1) is 10.1 Å². The number of nitrogens with zero attached hydrogens (tertiary/aromatic N) is 3. The summed E-state index contributed by atoms with van der Waals surface area (Å²) in [6.07, 6.45) is 0.513. The number of hydrogen-bond donors (Lipinski definition) is 0. The zero-order valence-corrected chi connectivity index (χ0v) is 16.2. The standard InChI is InChI=1S/C21H19N3O6/c1-14(20(27)15-6-3-2-4-7-15)22(23-18(25)8-5-9-19(23)26)21(28)16-10-12-17(13-11-16)24(29)30/h2-4,6-7,10-14H,5,8-9H2,1H3/t14-/m1/s1. The van der Waals surface area contributed by atoms with Gasteiger partial charge in [-0.3, -0.25) is 29.3 Å². The summed E-state index contributed by atoms with van der Waals surface area (Å²) in [7, 11) is 0. The number of nitro benzene ring substituents is 1. The molecular formula is C21H19N3O6. The third kappa shape index (κ3) is 4.09. The highest BCUT2D eigenvalue weighted by molar-refractivity contribution is 6.07. The minimum Gasteiger partial charge on any atom is -0.292 e. The summed E-state index contributed by atoms with van der Waals surface area (Å²) >= 11 is 0. The Kier molecular flexibility index (Phi) is 6.01. The van der Waals surface area contributed by atoms with E-state index in [0.717, 1.165) is 22.2 Å². The molecule has 3 amide bonds. The Morgan fingerprint density at radius 1 is 0.967 bits per heavy atom. The second-order valence-electron chi connectivity index (χ2n) is 6.81. The maximum Gasteiger partial charge on any atom is 0.273 e. The third-order valence-corrected chi connectivity index (χ3v) is 4.81. The highest BCUT2D eigenvalue weighted by Crippen LogP contribution is 2.23. The Morgan fingerprint density at radius 2 is 1.53 bits per heavy atom. The molecule has 1 saturated heterocycles. The van der Waals surface area contributed by atoms with Gasteiger partial charge in [0.15, 0.2) is 5.78 Å². The van der Waals surface area contributed by atoms with Crippen molar-refractivity contribution in [1.29, 1.82) is 0 Å². The number of carbonyl (C=O) groups excluding carboxylic acids is 4. The van der Waals surface area contributed by atoms with Gasteiger partial charge in [-0.2, -0.15) is 5.01 Å². The zero-order valence-electron chi connectivity index (χ0n) is 16.2. The highest BCUT2D eigenvalue weighted by Gasteiger charge is 2.40. The molecular weight excluding hydrogens is 390 g/mol. The lowest BCUT2D eigenvalue weighted by molar-refractivity contribution is -0.384. The van der Waals surface area contributed by atoms with Gasteiger partial charge in [0, 0.05) is 36.1 Å². The second-order valence-corrected chi connectivity index (χ2v) is 6.81. The van der Waals surface area contributed by atoms with Crippen LogP contribution in [0.4, 0.5) is 5.69 Å². The van der Waals surface area contributed by atoms with Gasteiger partial charge in [0.25, 0.3) is 11.6 Å². The number of piperidine rings is 1. The van der Waals surface area contributed by atoms with Crippen LogP contribution in [0.3, 0.4) is 0 Å². The van der Waals surface area contributed by atoms with E-state index >= 15 is 0 Å². The molecule has 0 N–H and O–H groups in total. The zero-order chi connectivity index (χ0) is 21.8. The van der Waals surface area contributed by atoms with E-state index in [1.54, 1.807) is 30.3 Å². The van der Waals surface area contributed by atoms with Crippen LogP contribution >= 0.6 is 0 Å². The number of non-ortho nitro benzene ring substituents is 1. The first-order chi connectivity index (χ1) is 14.3. The number of rotatable bonds is 6. The fourth-order valence-electron chi connectivity index (χ4n) is 3.23. The summed E-state index contributed by atoms with van der Waals surface area (Å²) in [6.45, 7) is 1.44. The number of ketones is 1. The van der Waals surface area contributed by atoms with Crippen molar-refractivity contribution in [3.05, 3.63) is 75.8 Å². The normalized spacial score (nSPS) is 14.9. The maximum atomic E-state index is 13.3. The Balaban J connectivity index is 2.01. The van der Waals surface area contributed by atoms with E-state index in [0.29, 0.717) is 12.0 Å². The van der Waals surface area contributed by atoms with E-state index < -0.39 is 34.5 Å². The van der Waals surface area contributed by atoms with Gasteiger partial charge in [0.1, 0.15) is 6.04 Å². The van der Waals surface area contributed by atoms with Gasteiger partial charge in [0.2, 0.25) is 11.8 Å². The lowest BCUT2D eigenvalue weighted by Gasteiger charge is -2.38. The first-order valence-corrected chi connectivity index (χ1v) is 9.34. The van der Waals surface area contributed by atoms with Crippen LogP contribution in [-0.4, -0.2) is 44.5 Å². The van der Waals surface area contributed by atoms with E-state index in [-0.39, 0.29) is 24.1 Å². The second kappa shape index (κ2) is 8.64. The topological polar surface area (TPSA) is 118 Å². The van der Waals surface area contributed by atoms with Crippen LogP contribution < -0.4 is 0 Å². The molecule has 1 fully saturated rings. The van der Waals surface area contributed by atoms with Gasteiger partial charge in [-0.05, 0) is 25.5 Å². The van der Waals surface area contributed by atoms with Gasteiger partial charge >= 0.3 is 0 Å². The van der Waals surface area contributed by atoms with Gasteiger partial charge in [-0.15, -0.1) is 0 Å². The summed E-state index contributed by atoms with van der Waals surface area (Å²) in [4.78, 5) is 61.5.